The predicted octanol–water partition coefficient (Wildman–Crippen LogP) is 2.46. The third-order valence-corrected chi connectivity index (χ3v) is 3.99. The molecule has 1 N–H and O–H groups in total. The molecular weight excluding hydrogens is 286 g/mol. The summed E-state index contributed by atoms with van der Waals surface area (Å²) in [6, 6.07) is 13.7. The van der Waals surface area contributed by atoms with Gasteiger partial charge in [0.05, 0.1) is 4.90 Å². The van der Waals surface area contributed by atoms with E-state index in [1.54, 1.807) is 18.2 Å². The van der Waals surface area contributed by atoms with Gasteiger partial charge in [-0.2, -0.15) is 0 Å². The normalized spacial score (nSPS) is 11.0. The van der Waals surface area contributed by atoms with Crippen molar-refractivity contribution in [2.75, 3.05) is 0 Å². The fourth-order valence-corrected chi connectivity index (χ4v) is 2.54. The molecular formula is C13H10ClNO3S. The van der Waals surface area contributed by atoms with Crippen molar-refractivity contribution in [3.05, 3.63) is 65.2 Å². The minimum Gasteiger partial charge on any atom is -0.268 e. The molecule has 6 heteroatoms. The van der Waals surface area contributed by atoms with Crippen molar-refractivity contribution < 1.29 is 13.2 Å². The Hall–Kier alpha value is -1.85. The van der Waals surface area contributed by atoms with Crippen LogP contribution in [0.25, 0.3) is 0 Å². The number of sulfonamides is 1. The molecule has 0 aliphatic heterocycles. The number of carbonyl (C=O) groups excluding carboxylic acids is 1. The first-order valence-electron chi connectivity index (χ1n) is 5.37. The first-order valence-corrected chi connectivity index (χ1v) is 7.23. The standard InChI is InChI=1S/C13H10ClNO3S/c14-11-6-8-12(9-7-11)19(17,18)15-13(16)10-4-2-1-3-5-10/h1-9H,(H,15,16). The Bertz CT molecular complexity index is 682. The lowest BCUT2D eigenvalue weighted by atomic mass is 10.2. The van der Waals surface area contributed by atoms with Crippen LogP contribution in [0.15, 0.2) is 59.5 Å². The second kappa shape index (κ2) is 5.42. The van der Waals surface area contributed by atoms with Gasteiger partial charge in [0.1, 0.15) is 0 Å². The molecule has 0 atom stereocenters. The van der Waals surface area contributed by atoms with Crippen molar-refractivity contribution in [1.29, 1.82) is 0 Å². The smallest absolute Gasteiger partial charge is 0.264 e. The highest BCUT2D eigenvalue weighted by molar-refractivity contribution is 7.90. The van der Waals surface area contributed by atoms with Gasteiger partial charge in [0, 0.05) is 10.6 Å². The molecule has 0 radical (unpaired) electrons. The maximum Gasteiger partial charge on any atom is 0.264 e. The summed E-state index contributed by atoms with van der Waals surface area (Å²) in [5.74, 6) is -0.671. The topological polar surface area (TPSA) is 63.2 Å². The monoisotopic (exact) mass is 295 g/mol. The Morgan fingerprint density at radius 2 is 1.53 bits per heavy atom. The summed E-state index contributed by atoms with van der Waals surface area (Å²) in [5.41, 5.74) is 0.278. The number of benzene rings is 2. The number of rotatable bonds is 3. The van der Waals surface area contributed by atoms with Crippen LogP contribution < -0.4 is 4.72 Å². The van der Waals surface area contributed by atoms with Crippen molar-refractivity contribution in [2.45, 2.75) is 4.90 Å². The van der Waals surface area contributed by atoms with Crippen molar-refractivity contribution in [2.24, 2.45) is 0 Å². The fourth-order valence-electron chi connectivity index (χ4n) is 1.44. The fraction of sp³-hybridized carbons (Fsp3) is 0. The van der Waals surface area contributed by atoms with E-state index in [0.29, 0.717) is 5.02 Å². The summed E-state index contributed by atoms with van der Waals surface area (Å²) in [5, 5.41) is 0.424. The molecule has 0 fully saturated rings. The van der Waals surface area contributed by atoms with Gasteiger partial charge in [0.15, 0.2) is 0 Å². The van der Waals surface area contributed by atoms with Gasteiger partial charge in [-0.05, 0) is 36.4 Å². The molecule has 2 rings (SSSR count). The lowest BCUT2D eigenvalue weighted by Crippen LogP contribution is -2.30. The van der Waals surface area contributed by atoms with Crippen LogP contribution in [0.2, 0.25) is 5.02 Å². The van der Waals surface area contributed by atoms with Crippen LogP contribution in [0.1, 0.15) is 10.4 Å². The van der Waals surface area contributed by atoms with Gasteiger partial charge < -0.3 is 0 Å². The Labute approximate surface area is 116 Å². The van der Waals surface area contributed by atoms with E-state index in [1.807, 2.05) is 4.72 Å². The van der Waals surface area contributed by atoms with Crippen molar-refractivity contribution in [3.8, 4) is 0 Å². The molecule has 0 aliphatic carbocycles. The van der Waals surface area contributed by atoms with Crippen molar-refractivity contribution >= 4 is 27.5 Å². The van der Waals surface area contributed by atoms with E-state index in [2.05, 4.69) is 0 Å². The zero-order valence-electron chi connectivity index (χ0n) is 9.71. The predicted molar refractivity (Wildman–Crippen MR) is 72.5 cm³/mol. The van der Waals surface area contributed by atoms with E-state index in [-0.39, 0.29) is 10.5 Å². The van der Waals surface area contributed by atoms with Gasteiger partial charge in [-0.25, -0.2) is 13.1 Å². The second-order valence-electron chi connectivity index (χ2n) is 3.75. The molecule has 98 valence electrons. The van der Waals surface area contributed by atoms with Gasteiger partial charge in [0.25, 0.3) is 15.9 Å². The second-order valence-corrected chi connectivity index (χ2v) is 5.87. The van der Waals surface area contributed by atoms with Crippen molar-refractivity contribution in [3.63, 3.8) is 0 Å². The Morgan fingerprint density at radius 1 is 0.947 bits per heavy atom. The summed E-state index contributed by atoms with van der Waals surface area (Å²) in [6.45, 7) is 0. The molecule has 0 aromatic heterocycles. The Balaban J connectivity index is 2.23. The van der Waals surface area contributed by atoms with Crippen LogP contribution in [0, 0.1) is 0 Å². The van der Waals surface area contributed by atoms with E-state index >= 15 is 0 Å². The van der Waals surface area contributed by atoms with Gasteiger partial charge in [-0.15, -0.1) is 0 Å². The number of carbonyl (C=O) groups is 1. The Kier molecular flexibility index (Phi) is 3.87. The Morgan fingerprint density at radius 3 is 2.11 bits per heavy atom. The summed E-state index contributed by atoms with van der Waals surface area (Å²) in [4.78, 5) is 11.8. The zero-order valence-corrected chi connectivity index (χ0v) is 11.3. The van der Waals surface area contributed by atoms with Gasteiger partial charge in [-0.3, -0.25) is 4.79 Å². The minimum atomic E-state index is -3.88. The summed E-state index contributed by atoms with van der Waals surface area (Å²) >= 11 is 5.68. The molecule has 0 saturated carbocycles. The van der Waals surface area contributed by atoms with Crippen molar-refractivity contribution in [1.82, 2.24) is 4.72 Å². The molecule has 0 saturated heterocycles. The summed E-state index contributed by atoms with van der Waals surface area (Å²) < 4.78 is 25.9. The number of amides is 1. The number of nitrogens with one attached hydrogen (secondary N) is 1. The number of halogens is 1. The first kappa shape index (κ1) is 13.6. The van der Waals surface area contributed by atoms with E-state index in [9.17, 15) is 13.2 Å². The largest absolute Gasteiger partial charge is 0.268 e. The van der Waals surface area contributed by atoms with E-state index in [0.717, 1.165) is 0 Å². The molecule has 0 unspecified atom stereocenters. The minimum absolute atomic E-state index is 0.0128. The molecule has 0 bridgehead atoms. The summed E-state index contributed by atoms with van der Waals surface area (Å²) in [7, 11) is -3.88. The maximum absolute atomic E-state index is 12.0. The maximum atomic E-state index is 12.0. The molecule has 2 aromatic rings. The van der Waals surface area contributed by atoms with Crippen LogP contribution in [0.5, 0.6) is 0 Å². The van der Waals surface area contributed by atoms with Crippen LogP contribution in [-0.4, -0.2) is 14.3 Å². The number of hydrogen-bond acceptors (Lipinski definition) is 3. The average molecular weight is 296 g/mol. The van der Waals surface area contributed by atoms with Gasteiger partial charge in [-0.1, -0.05) is 29.8 Å². The van der Waals surface area contributed by atoms with Crippen LogP contribution in [0.4, 0.5) is 0 Å². The molecule has 0 aliphatic rings. The van der Waals surface area contributed by atoms with E-state index in [1.165, 1.54) is 36.4 Å². The highest BCUT2D eigenvalue weighted by atomic mass is 35.5. The van der Waals surface area contributed by atoms with Gasteiger partial charge in [0.2, 0.25) is 0 Å². The lowest BCUT2D eigenvalue weighted by molar-refractivity contribution is 0.0981. The van der Waals surface area contributed by atoms with E-state index in [4.69, 9.17) is 11.6 Å². The van der Waals surface area contributed by atoms with E-state index < -0.39 is 15.9 Å². The quantitative estimate of drug-likeness (QED) is 0.946. The zero-order chi connectivity index (χ0) is 13.9. The third-order valence-electron chi connectivity index (χ3n) is 2.39. The molecule has 0 heterocycles. The highest BCUT2D eigenvalue weighted by Gasteiger charge is 2.18. The highest BCUT2D eigenvalue weighted by Crippen LogP contribution is 2.14. The lowest BCUT2D eigenvalue weighted by Gasteiger charge is -2.06. The molecule has 1 amide bonds. The van der Waals surface area contributed by atoms with Crippen LogP contribution in [0.3, 0.4) is 0 Å². The van der Waals surface area contributed by atoms with Gasteiger partial charge >= 0.3 is 0 Å². The van der Waals surface area contributed by atoms with Crippen LogP contribution >= 0.6 is 11.6 Å². The molecule has 2 aromatic carbocycles. The summed E-state index contributed by atoms with van der Waals surface area (Å²) in [6.07, 6.45) is 0. The molecule has 0 spiro atoms. The molecule has 4 nitrogen and oxygen atoms in total. The molecule has 19 heavy (non-hydrogen) atoms. The number of hydrogen-bond donors (Lipinski definition) is 1. The average Bonchev–Trinajstić information content (AvgIpc) is 2.40. The SMILES string of the molecule is O=C(NS(=O)(=O)c1ccc(Cl)cc1)c1ccccc1. The first-order chi connectivity index (χ1) is 8.99. The third kappa shape index (κ3) is 3.33. The van der Waals surface area contributed by atoms with Crippen LogP contribution in [-0.2, 0) is 10.0 Å².